The Balaban J connectivity index is 1.39. The van der Waals surface area contributed by atoms with Crippen molar-refractivity contribution in [1.29, 1.82) is 0 Å². The van der Waals surface area contributed by atoms with Gasteiger partial charge in [-0.25, -0.2) is 8.42 Å². The lowest BCUT2D eigenvalue weighted by atomic mass is 10.2. The summed E-state index contributed by atoms with van der Waals surface area (Å²) in [6, 6.07) is 5.04. The van der Waals surface area contributed by atoms with Crippen LogP contribution in [0.25, 0.3) is 0 Å². The Labute approximate surface area is 179 Å². The molecule has 2 aliphatic heterocycles. The highest BCUT2D eigenvalue weighted by molar-refractivity contribution is 7.92. The molecule has 0 radical (unpaired) electrons. The Morgan fingerprint density at radius 2 is 1.87 bits per heavy atom. The third kappa shape index (κ3) is 6.48. The maximum absolute atomic E-state index is 12.2. The first kappa shape index (κ1) is 22.6. The minimum absolute atomic E-state index is 0.0486. The molecule has 10 heteroatoms. The summed E-state index contributed by atoms with van der Waals surface area (Å²) in [6.07, 6.45) is 2.80. The molecule has 2 heterocycles. The fourth-order valence-corrected chi connectivity index (χ4v) is 4.56. The second-order valence-corrected chi connectivity index (χ2v) is 9.73. The number of nitrogens with zero attached hydrogens (tertiary/aromatic N) is 3. The number of carbonyl (C=O) groups excluding carboxylic acids is 1. The lowest BCUT2D eigenvalue weighted by Gasteiger charge is -2.32. The van der Waals surface area contributed by atoms with Gasteiger partial charge in [0.2, 0.25) is 22.7 Å². The summed E-state index contributed by atoms with van der Waals surface area (Å²) < 4.78 is 36.4. The number of hydrogen-bond acceptors (Lipinski definition) is 7. The van der Waals surface area contributed by atoms with Crippen LogP contribution in [0.4, 0.5) is 5.69 Å². The van der Waals surface area contributed by atoms with Crippen LogP contribution in [0.2, 0.25) is 0 Å². The largest absolute Gasteiger partial charge is 0.454 e. The van der Waals surface area contributed by atoms with Crippen LogP contribution in [0.1, 0.15) is 19.3 Å². The summed E-state index contributed by atoms with van der Waals surface area (Å²) in [7, 11) is -1.34. The molecule has 1 fully saturated rings. The number of nitrogens with one attached hydrogen (secondary N) is 1. The zero-order valence-electron chi connectivity index (χ0n) is 17.8. The second kappa shape index (κ2) is 10.3. The van der Waals surface area contributed by atoms with E-state index in [-0.39, 0.29) is 25.7 Å². The number of sulfonamides is 1. The molecular formula is C20H32N4O5S. The minimum Gasteiger partial charge on any atom is -0.454 e. The fraction of sp³-hybridized carbons (Fsp3) is 0.650. The molecule has 0 saturated carbocycles. The molecular weight excluding hydrogens is 408 g/mol. The maximum atomic E-state index is 12.2. The van der Waals surface area contributed by atoms with Crippen molar-refractivity contribution in [2.45, 2.75) is 19.3 Å². The number of piperazine rings is 1. The molecule has 0 aliphatic carbocycles. The van der Waals surface area contributed by atoms with Crippen LogP contribution in [-0.2, 0) is 14.8 Å². The van der Waals surface area contributed by atoms with Crippen LogP contribution in [0.5, 0.6) is 11.5 Å². The van der Waals surface area contributed by atoms with Crippen molar-refractivity contribution in [3.8, 4) is 11.5 Å². The van der Waals surface area contributed by atoms with E-state index in [1.54, 1.807) is 18.2 Å². The molecule has 0 spiro atoms. The molecule has 3 rings (SSSR count). The summed E-state index contributed by atoms with van der Waals surface area (Å²) in [5.74, 6) is 1.08. The Hall–Kier alpha value is -2.04. The number of hydrogen-bond donors (Lipinski definition) is 1. The number of rotatable bonds is 10. The van der Waals surface area contributed by atoms with E-state index in [9.17, 15) is 13.2 Å². The molecule has 1 N–H and O–H groups in total. The predicted octanol–water partition coefficient (Wildman–Crippen LogP) is 0.715. The van der Waals surface area contributed by atoms with Gasteiger partial charge in [-0.05, 0) is 38.6 Å². The van der Waals surface area contributed by atoms with E-state index in [0.717, 1.165) is 45.4 Å². The van der Waals surface area contributed by atoms with Crippen molar-refractivity contribution >= 4 is 21.6 Å². The summed E-state index contributed by atoms with van der Waals surface area (Å²) >= 11 is 0. The number of benzene rings is 1. The number of carbonyl (C=O) groups is 1. The zero-order valence-corrected chi connectivity index (χ0v) is 18.6. The average Bonchev–Trinajstić information content (AvgIpc) is 3.17. The van der Waals surface area contributed by atoms with Crippen molar-refractivity contribution in [3.63, 3.8) is 0 Å². The monoisotopic (exact) mass is 440 g/mol. The van der Waals surface area contributed by atoms with Gasteiger partial charge in [0.1, 0.15) is 0 Å². The summed E-state index contributed by atoms with van der Waals surface area (Å²) in [5.41, 5.74) is 0.509. The van der Waals surface area contributed by atoms with Crippen molar-refractivity contribution in [2.75, 3.05) is 70.2 Å². The Morgan fingerprint density at radius 3 is 2.60 bits per heavy atom. The van der Waals surface area contributed by atoms with Gasteiger partial charge in [-0.3, -0.25) is 9.10 Å². The molecule has 0 bridgehead atoms. The van der Waals surface area contributed by atoms with E-state index in [0.29, 0.717) is 30.2 Å². The summed E-state index contributed by atoms with van der Waals surface area (Å²) in [4.78, 5) is 16.9. The van der Waals surface area contributed by atoms with Crippen LogP contribution >= 0.6 is 0 Å². The van der Waals surface area contributed by atoms with Gasteiger partial charge < -0.3 is 24.6 Å². The predicted molar refractivity (Wildman–Crippen MR) is 116 cm³/mol. The van der Waals surface area contributed by atoms with Gasteiger partial charge in [0.05, 0.1) is 11.9 Å². The Bertz CT molecular complexity index is 824. The standard InChI is InChI=1S/C20H32N4O5S/c1-22-11-13-23(14-12-22)9-4-8-21-20(25)5-3-10-24(30(2,26)27)17-6-7-18-19(15-17)29-16-28-18/h6-7,15H,3-5,8-14,16H2,1-2H3,(H,21,25). The van der Waals surface area contributed by atoms with Gasteiger partial charge in [0.15, 0.2) is 11.5 Å². The molecule has 1 saturated heterocycles. The van der Waals surface area contributed by atoms with Crippen molar-refractivity contribution in [1.82, 2.24) is 15.1 Å². The Kier molecular flexibility index (Phi) is 7.79. The zero-order chi connectivity index (χ0) is 21.6. The highest BCUT2D eigenvalue weighted by atomic mass is 32.2. The highest BCUT2D eigenvalue weighted by Gasteiger charge is 2.21. The van der Waals surface area contributed by atoms with E-state index >= 15 is 0 Å². The van der Waals surface area contributed by atoms with E-state index in [2.05, 4.69) is 22.2 Å². The quantitative estimate of drug-likeness (QED) is 0.536. The van der Waals surface area contributed by atoms with Gasteiger partial charge >= 0.3 is 0 Å². The topological polar surface area (TPSA) is 91.4 Å². The number of fused-ring (bicyclic) bond motifs is 1. The van der Waals surface area contributed by atoms with Crippen LogP contribution in [0.3, 0.4) is 0 Å². The third-order valence-electron chi connectivity index (χ3n) is 5.38. The first-order chi connectivity index (χ1) is 14.3. The molecule has 30 heavy (non-hydrogen) atoms. The molecule has 0 unspecified atom stereocenters. The van der Waals surface area contributed by atoms with Crippen molar-refractivity contribution < 1.29 is 22.7 Å². The van der Waals surface area contributed by atoms with Crippen LogP contribution < -0.4 is 19.1 Å². The maximum Gasteiger partial charge on any atom is 0.232 e. The van der Waals surface area contributed by atoms with Gasteiger partial charge in [0.25, 0.3) is 0 Å². The van der Waals surface area contributed by atoms with Gasteiger partial charge in [-0.15, -0.1) is 0 Å². The lowest BCUT2D eigenvalue weighted by molar-refractivity contribution is -0.121. The molecule has 0 atom stereocenters. The Morgan fingerprint density at radius 1 is 1.13 bits per heavy atom. The second-order valence-electron chi connectivity index (χ2n) is 7.82. The highest BCUT2D eigenvalue weighted by Crippen LogP contribution is 2.36. The van der Waals surface area contributed by atoms with Gasteiger partial charge in [-0.1, -0.05) is 0 Å². The normalized spacial score (nSPS) is 17.1. The van der Waals surface area contributed by atoms with Gasteiger partial charge in [0, 0.05) is 51.8 Å². The number of anilines is 1. The van der Waals surface area contributed by atoms with E-state index in [1.807, 2.05) is 0 Å². The van der Waals surface area contributed by atoms with Crippen LogP contribution in [0, 0.1) is 0 Å². The lowest BCUT2D eigenvalue weighted by Crippen LogP contribution is -2.45. The average molecular weight is 441 g/mol. The van der Waals surface area contributed by atoms with Crippen LogP contribution in [0.15, 0.2) is 18.2 Å². The first-order valence-electron chi connectivity index (χ1n) is 10.4. The van der Waals surface area contributed by atoms with Crippen molar-refractivity contribution in [2.24, 2.45) is 0 Å². The molecule has 0 aromatic heterocycles. The van der Waals surface area contributed by atoms with E-state index in [4.69, 9.17) is 9.47 Å². The molecule has 9 nitrogen and oxygen atoms in total. The molecule has 2 aliphatic rings. The summed E-state index contributed by atoms with van der Waals surface area (Å²) in [6.45, 7) is 6.32. The van der Waals surface area contributed by atoms with Crippen molar-refractivity contribution in [3.05, 3.63) is 18.2 Å². The minimum atomic E-state index is -3.47. The van der Waals surface area contributed by atoms with Gasteiger partial charge in [-0.2, -0.15) is 0 Å². The molecule has 1 aromatic carbocycles. The fourth-order valence-electron chi connectivity index (χ4n) is 3.60. The first-order valence-corrected chi connectivity index (χ1v) is 12.2. The smallest absolute Gasteiger partial charge is 0.232 e. The van der Waals surface area contributed by atoms with E-state index in [1.165, 1.54) is 4.31 Å². The molecule has 1 aromatic rings. The third-order valence-corrected chi connectivity index (χ3v) is 6.57. The molecule has 168 valence electrons. The number of amides is 1. The SMILES string of the molecule is CN1CCN(CCCNC(=O)CCCN(c2ccc3c(c2)OCO3)S(C)(=O)=O)CC1. The summed E-state index contributed by atoms with van der Waals surface area (Å²) in [5, 5.41) is 2.94. The number of ether oxygens (including phenoxy) is 2. The molecule has 1 amide bonds. The van der Waals surface area contributed by atoms with E-state index < -0.39 is 10.0 Å². The van der Waals surface area contributed by atoms with Crippen LogP contribution in [-0.4, -0.2) is 90.0 Å². The number of likely N-dealkylation sites (N-methyl/N-ethyl adjacent to an activating group) is 1.